The number of halogens is 1. The fourth-order valence-electron chi connectivity index (χ4n) is 1.20. The number of nitro groups is 1. The molecule has 1 rings (SSSR count). The highest BCUT2D eigenvalue weighted by Gasteiger charge is 2.44. The standard InChI is InChI=1S/C8H8ClNO3/c1-8(10(12)13)5-3-2-4-6(8)7(9)11/h2-4H,5H2,1H3. The summed E-state index contributed by atoms with van der Waals surface area (Å²) in [5.74, 6) is 0. The molecule has 13 heavy (non-hydrogen) atoms. The van der Waals surface area contributed by atoms with Crippen LogP contribution in [0.5, 0.6) is 0 Å². The molecule has 0 bridgehead atoms. The molecular weight excluding hydrogens is 194 g/mol. The van der Waals surface area contributed by atoms with Crippen LogP contribution in [0.3, 0.4) is 0 Å². The Balaban J connectivity index is 3.13. The molecule has 0 heterocycles. The van der Waals surface area contributed by atoms with Crippen LogP contribution < -0.4 is 0 Å². The van der Waals surface area contributed by atoms with Gasteiger partial charge in [-0.3, -0.25) is 14.9 Å². The number of allylic oxidation sites excluding steroid dienone is 2. The summed E-state index contributed by atoms with van der Waals surface area (Å²) in [4.78, 5) is 21.1. The fourth-order valence-corrected chi connectivity index (χ4v) is 1.47. The summed E-state index contributed by atoms with van der Waals surface area (Å²) in [5, 5.41) is 9.95. The maximum absolute atomic E-state index is 10.9. The lowest BCUT2D eigenvalue weighted by Crippen LogP contribution is -2.39. The first kappa shape index (κ1) is 9.92. The highest BCUT2D eigenvalue weighted by atomic mass is 35.5. The molecule has 0 fully saturated rings. The summed E-state index contributed by atoms with van der Waals surface area (Å²) < 4.78 is 0. The number of rotatable bonds is 2. The molecule has 0 N–H and O–H groups in total. The molecule has 0 radical (unpaired) electrons. The van der Waals surface area contributed by atoms with Gasteiger partial charge in [0.15, 0.2) is 0 Å². The highest BCUT2D eigenvalue weighted by Crippen LogP contribution is 2.29. The highest BCUT2D eigenvalue weighted by molar-refractivity contribution is 6.68. The van der Waals surface area contributed by atoms with Crippen molar-refractivity contribution < 1.29 is 9.72 Å². The Kier molecular flexibility index (Phi) is 2.52. The summed E-state index contributed by atoms with van der Waals surface area (Å²) in [7, 11) is 0. The zero-order valence-electron chi connectivity index (χ0n) is 6.99. The largest absolute Gasteiger partial charge is 0.276 e. The average molecular weight is 202 g/mol. The average Bonchev–Trinajstić information content (AvgIpc) is 2.04. The Labute approximate surface area is 80.0 Å². The van der Waals surface area contributed by atoms with Crippen LogP contribution >= 0.6 is 11.6 Å². The van der Waals surface area contributed by atoms with E-state index in [-0.39, 0.29) is 12.0 Å². The van der Waals surface area contributed by atoms with Crippen molar-refractivity contribution in [3.8, 4) is 0 Å². The Bertz CT molecular complexity index is 321. The zero-order valence-corrected chi connectivity index (χ0v) is 7.75. The van der Waals surface area contributed by atoms with Gasteiger partial charge in [0, 0.05) is 18.3 Å². The molecule has 0 aliphatic heterocycles. The zero-order chi connectivity index (χ0) is 10.1. The van der Waals surface area contributed by atoms with Crippen molar-refractivity contribution in [2.75, 3.05) is 0 Å². The van der Waals surface area contributed by atoms with Crippen LogP contribution in [0.15, 0.2) is 23.8 Å². The maximum atomic E-state index is 10.9. The van der Waals surface area contributed by atoms with E-state index < -0.39 is 15.7 Å². The summed E-state index contributed by atoms with van der Waals surface area (Å²) >= 11 is 5.24. The molecule has 4 nitrogen and oxygen atoms in total. The lowest BCUT2D eigenvalue weighted by Gasteiger charge is -2.22. The molecule has 1 aliphatic carbocycles. The predicted octanol–water partition coefficient (Wildman–Crippen LogP) is 1.67. The number of hydrogen-bond acceptors (Lipinski definition) is 3. The summed E-state index contributed by atoms with van der Waals surface area (Å²) in [6.45, 7) is 1.39. The van der Waals surface area contributed by atoms with Crippen molar-refractivity contribution in [1.82, 2.24) is 0 Å². The number of carbonyl (C=O) groups excluding carboxylic acids is 1. The summed E-state index contributed by atoms with van der Waals surface area (Å²) in [6, 6.07) is 0. The van der Waals surface area contributed by atoms with Gasteiger partial charge in [-0.25, -0.2) is 0 Å². The number of hydrogen-bond donors (Lipinski definition) is 0. The van der Waals surface area contributed by atoms with E-state index in [1.165, 1.54) is 13.0 Å². The van der Waals surface area contributed by atoms with Crippen LogP contribution in [0, 0.1) is 10.1 Å². The van der Waals surface area contributed by atoms with Gasteiger partial charge in [-0.1, -0.05) is 12.2 Å². The van der Waals surface area contributed by atoms with E-state index in [9.17, 15) is 14.9 Å². The van der Waals surface area contributed by atoms with Crippen LogP contribution in [0.1, 0.15) is 13.3 Å². The Morgan fingerprint density at radius 2 is 2.38 bits per heavy atom. The number of nitrogens with zero attached hydrogens (tertiary/aromatic N) is 1. The smallest absolute Gasteiger partial charge is 0.255 e. The molecule has 0 aromatic carbocycles. The minimum atomic E-state index is -1.37. The lowest BCUT2D eigenvalue weighted by molar-refractivity contribution is -0.551. The normalized spacial score (nSPS) is 26.8. The molecule has 1 aliphatic rings. The van der Waals surface area contributed by atoms with Gasteiger partial charge in [-0.2, -0.15) is 0 Å². The van der Waals surface area contributed by atoms with E-state index >= 15 is 0 Å². The topological polar surface area (TPSA) is 60.2 Å². The molecule has 0 aromatic rings. The monoisotopic (exact) mass is 201 g/mol. The second-order valence-electron chi connectivity index (χ2n) is 3.02. The first-order valence-corrected chi connectivity index (χ1v) is 4.08. The van der Waals surface area contributed by atoms with E-state index in [0.717, 1.165) is 0 Å². The molecule has 0 amide bonds. The van der Waals surface area contributed by atoms with Crippen LogP contribution in [0.4, 0.5) is 0 Å². The van der Waals surface area contributed by atoms with Crippen LogP contribution in [-0.4, -0.2) is 15.7 Å². The third kappa shape index (κ3) is 1.62. The number of carbonyl (C=O) groups is 1. The molecule has 1 unspecified atom stereocenters. The Hall–Kier alpha value is -1.16. The van der Waals surface area contributed by atoms with E-state index in [1.54, 1.807) is 12.2 Å². The third-order valence-corrected chi connectivity index (χ3v) is 2.31. The van der Waals surface area contributed by atoms with Crippen molar-refractivity contribution in [3.63, 3.8) is 0 Å². The van der Waals surface area contributed by atoms with Crippen LogP contribution in [0.25, 0.3) is 0 Å². The molecule has 0 aromatic heterocycles. The van der Waals surface area contributed by atoms with E-state index in [0.29, 0.717) is 0 Å². The van der Waals surface area contributed by atoms with Gasteiger partial charge in [0.05, 0.1) is 5.57 Å². The Morgan fingerprint density at radius 3 is 2.77 bits per heavy atom. The molecule has 1 atom stereocenters. The van der Waals surface area contributed by atoms with Gasteiger partial charge in [0.1, 0.15) is 0 Å². The van der Waals surface area contributed by atoms with Gasteiger partial charge in [-0.05, 0) is 17.7 Å². The van der Waals surface area contributed by atoms with Crippen molar-refractivity contribution in [3.05, 3.63) is 33.9 Å². The molecule has 0 spiro atoms. The Morgan fingerprint density at radius 1 is 1.77 bits per heavy atom. The predicted molar refractivity (Wildman–Crippen MR) is 48.1 cm³/mol. The van der Waals surface area contributed by atoms with Gasteiger partial charge in [-0.15, -0.1) is 0 Å². The summed E-state index contributed by atoms with van der Waals surface area (Å²) in [6.07, 6.45) is 4.83. The first-order chi connectivity index (χ1) is 5.98. The van der Waals surface area contributed by atoms with Crippen molar-refractivity contribution in [2.45, 2.75) is 18.9 Å². The molecular formula is C8H8ClNO3. The second-order valence-corrected chi connectivity index (χ2v) is 3.36. The maximum Gasteiger partial charge on any atom is 0.255 e. The SMILES string of the molecule is CC1([N+](=O)[O-])CC=CC=C1C(=O)Cl. The van der Waals surface area contributed by atoms with Crippen LogP contribution in [0.2, 0.25) is 0 Å². The third-order valence-electron chi connectivity index (χ3n) is 2.11. The lowest BCUT2D eigenvalue weighted by atomic mass is 9.86. The van der Waals surface area contributed by atoms with Crippen LogP contribution in [-0.2, 0) is 4.79 Å². The summed E-state index contributed by atoms with van der Waals surface area (Å²) in [5.41, 5.74) is -1.32. The van der Waals surface area contributed by atoms with E-state index in [2.05, 4.69) is 0 Å². The van der Waals surface area contributed by atoms with Crippen molar-refractivity contribution in [2.24, 2.45) is 0 Å². The molecule has 70 valence electrons. The molecule has 0 saturated heterocycles. The second kappa shape index (κ2) is 3.30. The van der Waals surface area contributed by atoms with E-state index in [4.69, 9.17) is 11.6 Å². The van der Waals surface area contributed by atoms with Gasteiger partial charge >= 0.3 is 0 Å². The van der Waals surface area contributed by atoms with Gasteiger partial charge < -0.3 is 0 Å². The molecule has 5 heteroatoms. The first-order valence-electron chi connectivity index (χ1n) is 3.70. The fraction of sp³-hybridized carbons (Fsp3) is 0.375. The minimum absolute atomic E-state index is 0.0432. The van der Waals surface area contributed by atoms with Gasteiger partial charge in [0.2, 0.25) is 0 Å². The van der Waals surface area contributed by atoms with Crippen molar-refractivity contribution in [1.29, 1.82) is 0 Å². The minimum Gasteiger partial charge on any atom is -0.276 e. The van der Waals surface area contributed by atoms with E-state index in [1.807, 2.05) is 0 Å². The quantitative estimate of drug-likeness (QED) is 0.388. The van der Waals surface area contributed by atoms with Gasteiger partial charge in [0.25, 0.3) is 10.8 Å². The van der Waals surface area contributed by atoms with Crippen molar-refractivity contribution >= 4 is 16.8 Å². The molecule has 0 saturated carbocycles.